The predicted molar refractivity (Wildman–Crippen MR) is 54.1 cm³/mol. The summed E-state index contributed by atoms with van der Waals surface area (Å²) in [6, 6.07) is 6.07. The first-order valence-electron chi connectivity index (χ1n) is 4.18. The van der Waals surface area contributed by atoms with Gasteiger partial charge in [0, 0.05) is 10.6 Å². The van der Waals surface area contributed by atoms with Gasteiger partial charge in [-0.15, -0.1) is 11.8 Å². The summed E-state index contributed by atoms with van der Waals surface area (Å²) in [6.45, 7) is 0. The Balaban J connectivity index is 2.73. The fourth-order valence-electron chi connectivity index (χ4n) is 0.981. The van der Waals surface area contributed by atoms with Crippen LogP contribution in [0, 0.1) is 17.1 Å². The smallest absolute Gasteiger partial charge is 0.304 e. The van der Waals surface area contributed by atoms with E-state index in [9.17, 15) is 9.18 Å². The lowest BCUT2D eigenvalue weighted by atomic mass is 10.2. The van der Waals surface area contributed by atoms with Gasteiger partial charge in [0.15, 0.2) is 0 Å². The third-order valence-corrected chi connectivity index (χ3v) is 2.72. The molecule has 0 atom stereocenters. The van der Waals surface area contributed by atoms with Crippen LogP contribution in [0.25, 0.3) is 0 Å². The van der Waals surface area contributed by atoms with Crippen LogP contribution in [0.1, 0.15) is 12.0 Å². The third-order valence-electron chi connectivity index (χ3n) is 1.66. The van der Waals surface area contributed by atoms with Gasteiger partial charge in [-0.05, 0) is 12.1 Å². The van der Waals surface area contributed by atoms with Crippen LogP contribution in [0.5, 0.6) is 0 Å². The van der Waals surface area contributed by atoms with Gasteiger partial charge in [0.2, 0.25) is 0 Å². The van der Waals surface area contributed by atoms with E-state index in [-0.39, 0.29) is 12.0 Å². The molecule has 1 aromatic rings. The van der Waals surface area contributed by atoms with Crippen molar-refractivity contribution in [3.05, 3.63) is 29.6 Å². The summed E-state index contributed by atoms with van der Waals surface area (Å²) in [7, 11) is 0. The minimum atomic E-state index is -0.905. The minimum absolute atomic E-state index is 0.00789. The second kappa shape index (κ2) is 5.37. The number of benzene rings is 1. The van der Waals surface area contributed by atoms with Crippen molar-refractivity contribution < 1.29 is 14.3 Å². The van der Waals surface area contributed by atoms with Crippen LogP contribution in [0.3, 0.4) is 0 Å². The Morgan fingerprint density at radius 3 is 2.93 bits per heavy atom. The summed E-state index contributed by atoms with van der Waals surface area (Å²) in [5.74, 6) is -1.15. The Morgan fingerprint density at radius 1 is 1.60 bits per heavy atom. The van der Waals surface area contributed by atoms with Crippen molar-refractivity contribution >= 4 is 17.7 Å². The van der Waals surface area contributed by atoms with Gasteiger partial charge in [-0.2, -0.15) is 5.26 Å². The van der Waals surface area contributed by atoms with Crippen molar-refractivity contribution in [2.45, 2.75) is 11.3 Å². The summed E-state index contributed by atoms with van der Waals surface area (Å²) >= 11 is 1.17. The number of carboxylic acid groups (broad SMARTS) is 1. The van der Waals surface area contributed by atoms with E-state index < -0.39 is 11.8 Å². The molecule has 0 saturated carbocycles. The molecule has 0 heterocycles. The van der Waals surface area contributed by atoms with Crippen LogP contribution >= 0.6 is 11.8 Å². The Hall–Kier alpha value is -1.54. The van der Waals surface area contributed by atoms with Crippen molar-refractivity contribution in [2.24, 2.45) is 0 Å². The largest absolute Gasteiger partial charge is 0.481 e. The van der Waals surface area contributed by atoms with Crippen LogP contribution in [-0.4, -0.2) is 16.8 Å². The Labute approximate surface area is 90.5 Å². The lowest BCUT2D eigenvalue weighted by molar-refractivity contribution is -0.136. The molecule has 1 aromatic carbocycles. The molecular formula is C10H8FNO2S. The van der Waals surface area contributed by atoms with Crippen molar-refractivity contribution in [2.75, 3.05) is 5.75 Å². The van der Waals surface area contributed by atoms with Crippen molar-refractivity contribution in [3.63, 3.8) is 0 Å². The van der Waals surface area contributed by atoms with Crippen molar-refractivity contribution in [3.8, 4) is 6.07 Å². The van der Waals surface area contributed by atoms with E-state index in [1.54, 1.807) is 12.1 Å². The molecular weight excluding hydrogens is 217 g/mol. The number of nitrogens with zero attached hydrogens (tertiary/aromatic N) is 1. The lowest BCUT2D eigenvalue weighted by Gasteiger charge is -2.02. The SMILES string of the molecule is N#Cc1c(F)cccc1SCCC(=O)O. The Kier molecular flexibility index (Phi) is 4.13. The molecule has 0 unspecified atom stereocenters. The number of aliphatic carboxylic acids is 1. The first-order chi connectivity index (χ1) is 7.15. The van der Waals surface area contributed by atoms with Gasteiger partial charge in [-0.1, -0.05) is 6.07 Å². The van der Waals surface area contributed by atoms with E-state index in [0.717, 1.165) is 0 Å². The monoisotopic (exact) mass is 225 g/mol. The molecule has 0 amide bonds. The van der Waals surface area contributed by atoms with Crippen LogP contribution in [0.15, 0.2) is 23.1 Å². The van der Waals surface area contributed by atoms with Crippen molar-refractivity contribution in [1.82, 2.24) is 0 Å². The summed E-state index contributed by atoms with van der Waals surface area (Å²) in [5, 5.41) is 17.1. The average Bonchev–Trinajstić information content (AvgIpc) is 2.17. The van der Waals surface area contributed by atoms with Crippen LogP contribution in [0.2, 0.25) is 0 Å². The molecule has 0 aliphatic rings. The lowest BCUT2D eigenvalue weighted by Crippen LogP contribution is -1.96. The molecule has 3 nitrogen and oxygen atoms in total. The van der Waals surface area contributed by atoms with E-state index >= 15 is 0 Å². The van der Waals surface area contributed by atoms with Gasteiger partial charge < -0.3 is 5.11 Å². The van der Waals surface area contributed by atoms with E-state index in [1.165, 1.54) is 23.9 Å². The predicted octanol–water partition coefficient (Wildman–Crippen LogP) is 2.26. The molecule has 0 spiro atoms. The molecule has 1 N–H and O–H groups in total. The van der Waals surface area contributed by atoms with Gasteiger partial charge in [-0.25, -0.2) is 4.39 Å². The summed E-state index contributed by atoms with van der Waals surface area (Å²) < 4.78 is 13.1. The zero-order valence-corrected chi connectivity index (χ0v) is 8.55. The fraction of sp³-hybridized carbons (Fsp3) is 0.200. The summed E-state index contributed by atoms with van der Waals surface area (Å²) in [4.78, 5) is 10.7. The summed E-state index contributed by atoms with van der Waals surface area (Å²) in [5.41, 5.74) is -0.0205. The highest BCUT2D eigenvalue weighted by Crippen LogP contribution is 2.24. The Morgan fingerprint density at radius 2 is 2.33 bits per heavy atom. The van der Waals surface area contributed by atoms with Gasteiger partial charge in [0.05, 0.1) is 6.42 Å². The molecule has 78 valence electrons. The number of carboxylic acids is 1. The third kappa shape index (κ3) is 3.26. The molecule has 0 aliphatic heterocycles. The average molecular weight is 225 g/mol. The molecule has 0 saturated heterocycles. The second-order valence-electron chi connectivity index (χ2n) is 2.72. The fourth-order valence-corrected chi connectivity index (χ4v) is 1.94. The highest BCUT2D eigenvalue weighted by molar-refractivity contribution is 7.99. The van der Waals surface area contributed by atoms with Crippen LogP contribution < -0.4 is 0 Å². The van der Waals surface area contributed by atoms with E-state index in [4.69, 9.17) is 10.4 Å². The number of rotatable bonds is 4. The number of hydrogen-bond acceptors (Lipinski definition) is 3. The summed E-state index contributed by atoms with van der Waals surface area (Å²) in [6.07, 6.45) is -0.00789. The van der Waals surface area contributed by atoms with Gasteiger partial charge >= 0.3 is 5.97 Å². The van der Waals surface area contributed by atoms with Gasteiger partial charge in [-0.3, -0.25) is 4.79 Å². The topological polar surface area (TPSA) is 61.1 Å². The zero-order valence-electron chi connectivity index (χ0n) is 7.74. The molecule has 15 heavy (non-hydrogen) atoms. The quantitative estimate of drug-likeness (QED) is 0.798. The maximum atomic E-state index is 13.1. The first-order valence-corrected chi connectivity index (χ1v) is 5.17. The standard InChI is InChI=1S/C10H8FNO2S/c11-8-2-1-3-9(7(8)6-12)15-5-4-10(13)14/h1-3H,4-5H2,(H,13,14). The van der Waals surface area contributed by atoms with Gasteiger partial charge in [0.25, 0.3) is 0 Å². The van der Waals surface area contributed by atoms with E-state index in [1.807, 2.05) is 0 Å². The highest BCUT2D eigenvalue weighted by Gasteiger charge is 2.08. The molecule has 0 fully saturated rings. The minimum Gasteiger partial charge on any atom is -0.481 e. The molecule has 0 aromatic heterocycles. The van der Waals surface area contributed by atoms with Crippen LogP contribution in [0.4, 0.5) is 4.39 Å². The highest BCUT2D eigenvalue weighted by atomic mass is 32.2. The van der Waals surface area contributed by atoms with Gasteiger partial charge in [0.1, 0.15) is 17.4 Å². The number of nitriles is 1. The molecule has 0 aliphatic carbocycles. The maximum Gasteiger partial charge on any atom is 0.304 e. The first kappa shape index (κ1) is 11.5. The maximum absolute atomic E-state index is 13.1. The zero-order chi connectivity index (χ0) is 11.3. The van der Waals surface area contributed by atoms with Crippen LogP contribution in [-0.2, 0) is 4.79 Å². The second-order valence-corrected chi connectivity index (χ2v) is 3.85. The molecule has 5 heteroatoms. The van der Waals surface area contributed by atoms with Crippen molar-refractivity contribution in [1.29, 1.82) is 5.26 Å². The number of halogens is 1. The molecule has 0 radical (unpaired) electrons. The normalized spacial score (nSPS) is 9.60. The number of thioether (sulfide) groups is 1. The molecule has 0 bridgehead atoms. The van der Waals surface area contributed by atoms with E-state index in [0.29, 0.717) is 10.6 Å². The molecule has 1 rings (SSSR count). The number of carbonyl (C=O) groups is 1. The Bertz CT molecular complexity index is 414. The number of hydrogen-bond donors (Lipinski definition) is 1. The van der Waals surface area contributed by atoms with E-state index in [2.05, 4.69) is 0 Å².